The highest BCUT2D eigenvalue weighted by Gasteiger charge is 2.23. The van der Waals surface area contributed by atoms with Crippen LogP contribution in [0.25, 0.3) is 0 Å². The van der Waals surface area contributed by atoms with Crippen molar-refractivity contribution < 1.29 is 0 Å². The zero-order valence-corrected chi connectivity index (χ0v) is 20.3. The van der Waals surface area contributed by atoms with E-state index in [0.29, 0.717) is 12.6 Å². The molecule has 1 aliphatic rings. The highest BCUT2D eigenvalue weighted by molar-refractivity contribution is 14.0. The summed E-state index contributed by atoms with van der Waals surface area (Å²) in [5.74, 6) is 0.884. The Balaban J connectivity index is 0.00000272. The Hall–Kier alpha value is -2.55. The largest absolute Gasteiger partial charge is 0.369 e. The van der Waals surface area contributed by atoms with Gasteiger partial charge in [0.25, 0.3) is 0 Å². The van der Waals surface area contributed by atoms with Gasteiger partial charge in [0.1, 0.15) is 0 Å². The molecule has 0 aliphatic carbocycles. The van der Waals surface area contributed by atoms with E-state index in [9.17, 15) is 0 Å². The maximum Gasteiger partial charge on any atom is 0.191 e. The molecule has 3 aromatic rings. The van der Waals surface area contributed by atoms with Crippen molar-refractivity contribution >= 4 is 35.6 Å². The number of para-hydroxylation sites is 1. The third kappa shape index (κ3) is 6.72. The minimum atomic E-state index is 0. The van der Waals surface area contributed by atoms with E-state index in [1.807, 2.05) is 23.1 Å². The van der Waals surface area contributed by atoms with Gasteiger partial charge in [-0.2, -0.15) is 5.10 Å². The summed E-state index contributed by atoms with van der Waals surface area (Å²) in [6, 6.07) is 21.5. The number of aliphatic imine (C=N–C) groups is 1. The summed E-state index contributed by atoms with van der Waals surface area (Å²) in [5, 5.41) is 11.3. The summed E-state index contributed by atoms with van der Waals surface area (Å²) in [6.07, 6.45) is 4.90. The Bertz CT molecular complexity index is 942. The van der Waals surface area contributed by atoms with E-state index in [4.69, 9.17) is 4.99 Å². The lowest BCUT2D eigenvalue weighted by molar-refractivity contribution is 0.649. The molecule has 2 heterocycles. The number of anilines is 1. The zero-order chi connectivity index (χ0) is 20.6. The maximum atomic E-state index is 4.84. The highest BCUT2D eigenvalue weighted by Crippen LogP contribution is 2.19. The molecule has 0 saturated carbocycles. The molecule has 4 rings (SSSR count). The van der Waals surface area contributed by atoms with E-state index in [0.717, 1.165) is 38.6 Å². The standard InChI is InChI=1S/C24H30N6.HI/c1-2-25-24(28-22-12-15-29(19-22)23-10-4-3-5-11-23)26-17-20-8-6-9-21(16-20)18-30-14-7-13-27-30;/h3-11,13-14,16,22H,2,12,15,17-19H2,1H3,(H2,25,26,28);1H. The number of hydrogen-bond acceptors (Lipinski definition) is 3. The number of nitrogens with one attached hydrogen (secondary N) is 2. The molecule has 1 aromatic heterocycles. The molecule has 31 heavy (non-hydrogen) atoms. The van der Waals surface area contributed by atoms with Gasteiger partial charge in [-0.1, -0.05) is 42.5 Å². The average Bonchev–Trinajstić information content (AvgIpc) is 3.45. The van der Waals surface area contributed by atoms with Crippen LogP contribution >= 0.6 is 24.0 Å². The predicted octanol–water partition coefficient (Wildman–Crippen LogP) is 3.88. The first-order chi connectivity index (χ1) is 14.8. The van der Waals surface area contributed by atoms with Gasteiger partial charge in [-0.3, -0.25) is 4.68 Å². The quantitative estimate of drug-likeness (QED) is 0.277. The van der Waals surface area contributed by atoms with Crippen LogP contribution in [0.15, 0.2) is 78.0 Å². The van der Waals surface area contributed by atoms with Crippen molar-refractivity contribution in [2.24, 2.45) is 4.99 Å². The second-order valence-electron chi connectivity index (χ2n) is 7.63. The van der Waals surface area contributed by atoms with Crippen LogP contribution in [0.2, 0.25) is 0 Å². The van der Waals surface area contributed by atoms with Crippen molar-refractivity contribution in [1.29, 1.82) is 0 Å². The van der Waals surface area contributed by atoms with Crippen molar-refractivity contribution in [2.45, 2.75) is 32.5 Å². The second-order valence-corrected chi connectivity index (χ2v) is 7.63. The molecule has 0 amide bonds. The highest BCUT2D eigenvalue weighted by atomic mass is 127. The van der Waals surface area contributed by atoms with Crippen molar-refractivity contribution in [3.05, 3.63) is 84.2 Å². The van der Waals surface area contributed by atoms with Crippen molar-refractivity contribution in [3.63, 3.8) is 0 Å². The third-order valence-corrected chi connectivity index (χ3v) is 5.31. The van der Waals surface area contributed by atoms with Crippen LogP contribution in [0.4, 0.5) is 5.69 Å². The molecule has 1 fully saturated rings. The number of halogens is 1. The van der Waals surface area contributed by atoms with Gasteiger partial charge < -0.3 is 15.5 Å². The van der Waals surface area contributed by atoms with E-state index in [1.54, 1.807) is 0 Å². The molecule has 2 aromatic carbocycles. The first-order valence-corrected chi connectivity index (χ1v) is 10.7. The summed E-state index contributed by atoms with van der Waals surface area (Å²) < 4.78 is 1.94. The Morgan fingerprint density at radius 1 is 1.10 bits per heavy atom. The van der Waals surface area contributed by atoms with Gasteiger partial charge in [-0.15, -0.1) is 24.0 Å². The average molecular weight is 530 g/mol. The molecular formula is C24H31IN6. The van der Waals surface area contributed by atoms with Crippen LogP contribution in [0.5, 0.6) is 0 Å². The lowest BCUT2D eigenvalue weighted by atomic mass is 10.1. The third-order valence-electron chi connectivity index (χ3n) is 5.31. The molecule has 1 unspecified atom stereocenters. The molecule has 1 saturated heterocycles. The molecule has 7 heteroatoms. The van der Waals surface area contributed by atoms with Crippen LogP contribution < -0.4 is 15.5 Å². The van der Waals surface area contributed by atoms with Gasteiger partial charge in [0.2, 0.25) is 0 Å². The molecular weight excluding hydrogens is 499 g/mol. The van der Waals surface area contributed by atoms with Crippen molar-refractivity contribution in [1.82, 2.24) is 20.4 Å². The molecule has 0 spiro atoms. The fourth-order valence-electron chi connectivity index (χ4n) is 3.84. The Kier molecular flexibility index (Phi) is 8.75. The van der Waals surface area contributed by atoms with Crippen LogP contribution in [-0.2, 0) is 13.1 Å². The minimum absolute atomic E-state index is 0. The zero-order valence-electron chi connectivity index (χ0n) is 17.9. The summed E-state index contributed by atoms with van der Waals surface area (Å²) in [5.41, 5.74) is 3.73. The predicted molar refractivity (Wildman–Crippen MR) is 138 cm³/mol. The Labute approximate surface area is 201 Å². The lowest BCUT2D eigenvalue weighted by Gasteiger charge is -2.20. The normalized spacial score (nSPS) is 16.1. The number of rotatable bonds is 7. The summed E-state index contributed by atoms with van der Waals surface area (Å²) in [7, 11) is 0. The number of aromatic nitrogens is 2. The topological polar surface area (TPSA) is 57.5 Å². The SMILES string of the molecule is CCNC(=NCc1cccc(Cn2cccn2)c1)NC1CCN(c2ccccc2)C1.I. The van der Waals surface area contributed by atoms with Gasteiger partial charge in [0.15, 0.2) is 5.96 Å². The number of nitrogens with zero attached hydrogens (tertiary/aromatic N) is 4. The molecule has 0 bridgehead atoms. The lowest BCUT2D eigenvalue weighted by Crippen LogP contribution is -2.44. The van der Waals surface area contributed by atoms with Crippen LogP contribution in [0.1, 0.15) is 24.5 Å². The molecule has 1 atom stereocenters. The van der Waals surface area contributed by atoms with Gasteiger partial charge in [-0.25, -0.2) is 4.99 Å². The van der Waals surface area contributed by atoms with E-state index < -0.39 is 0 Å². The van der Waals surface area contributed by atoms with Gasteiger partial charge in [0.05, 0.1) is 13.1 Å². The fraction of sp³-hybridized carbons (Fsp3) is 0.333. The smallest absolute Gasteiger partial charge is 0.191 e. The molecule has 0 radical (unpaired) electrons. The Morgan fingerprint density at radius 3 is 2.71 bits per heavy atom. The molecule has 164 valence electrons. The first kappa shape index (κ1) is 23.1. The van der Waals surface area contributed by atoms with Crippen LogP contribution in [-0.4, -0.2) is 41.4 Å². The maximum absolute atomic E-state index is 4.84. The van der Waals surface area contributed by atoms with E-state index >= 15 is 0 Å². The number of guanidine groups is 1. The van der Waals surface area contributed by atoms with E-state index in [2.05, 4.69) is 82.2 Å². The summed E-state index contributed by atoms with van der Waals surface area (Å²) in [6.45, 7) is 6.44. The van der Waals surface area contributed by atoms with Crippen molar-refractivity contribution in [2.75, 3.05) is 24.5 Å². The van der Waals surface area contributed by atoms with Crippen LogP contribution in [0.3, 0.4) is 0 Å². The van der Waals surface area contributed by atoms with Crippen molar-refractivity contribution in [3.8, 4) is 0 Å². The first-order valence-electron chi connectivity index (χ1n) is 10.7. The van der Waals surface area contributed by atoms with E-state index in [1.165, 1.54) is 16.8 Å². The summed E-state index contributed by atoms with van der Waals surface area (Å²) >= 11 is 0. The number of hydrogen-bond donors (Lipinski definition) is 2. The molecule has 2 N–H and O–H groups in total. The molecule has 1 aliphatic heterocycles. The monoisotopic (exact) mass is 530 g/mol. The minimum Gasteiger partial charge on any atom is -0.369 e. The fourth-order valence-corrected chi connectivity index (χ4v) is 3.84. The van der Waals surface area contributed by atoms with Gasteiger partial charge in [0, 0.05) is 43.8 Å². The van der Waals surface area contributed by atoms with Crippen LogP contribution in [0, 0.1) is 0 Å². The number of benzene rings is 2. The van der Waals surface area contributed by atoms with Gasteiger partial charge >= 0.3 is 0 Å². The Morgan fingerprint density at radius 2 is 1.94 bits per heavy atom. The van der Waals surface area contributed by atoms with Gasteiger partial charge in [-0.05, 0) is 42.7 Å². The second kappa shape index (κ2) is 11.7. The van der Waals surface area contributed by atoms with E-state index in [-0.39, 0.29) is 24.0 Å². The molecule has 6 nitrogen and oxygen atoms in total. The summed E-state index contributed by atoms with van der Waals surface area (Å²) in [4.78, 5) is 7.27.